The minimum atomic E-state index is 0.603. The van der Waals surface area contributed by atoms with Crippen LogP contribution in [0.4, 0.5) is 0 Å². The van der Waals surface area contributed by atoms with E-state index in [0.717, 1.165) is 39.5 Å². The monoisotopic (exact) mass is 171 g/mol. The molecule has 0 aromatic carbocycles. The Morgan fingerprint density at radius 2 is 2.00 bits per heavy atom. The fourth-order valence-corrected chi connectivity index (χ4v) is 1.41. The summed E-state index contributed by atoms with van der Waals surface area (Å²) < 4.78 is 10.8. The number of hydrogen-bond acceptors (Lipinski definition) is 3. The summed E-state index contributed by atoms with van der Waals surface area (Å²) in [4.78, 5) is 2.41. The lowest BCUT2D eigenvalue weighted by molar-refractivity contribution is 0.0180. The van der Waals surface area contributed by atoms with Crippen molar-refractivity contribution in [3.05, 3.63) is 0 Å². The van der Waals surface area contributed by atoms with E-state index in [-0.39, 0.29) is 0 Å². The summed E-state index contributed by atoms with van der Waals surface area (Å²) in [5, 5.41) is 0. The Morgan fingerprint density at radius 1 is 1.25 bits per heavy atom. The molecule has 0 atom stereocenters. The molecule has 3 nitrogen and oxygen atoms in total. The third-order valence-corrected chi connectivity index (χ3v) is 2.39. The van der Waals surface area contributed by atoms with E-state index in [1.807, 2.05) is 0 Å². The molecule has 0 unspecified atom stereocenters. The third-order valence-electron chi connectivity index (χ3n) is 2.39. The highest BCUT2D eigenvalue weighted by Crippen LogP contribution is 2.22. The highest BCUT2D eigenvalue weighted by Gasteiger charge is 2.22. The molecule has 1 saturated carbocycles. The molecule has 12 heavy (non-hydrogen) atoms. The zero-order valence-electron chi connectivity index (χ0n) is 7.50. The normalized spacial score (nSPS) is 26.0. The second kappa shape index (κ2) is 4.21. The van der Waals surface area contributed by atoms with Crippen LogP contribution in [0.3, 0.4) is 0 Å². The Kier molecular flexibility index (Phi) is 2.98. The number of ether oxygens (including phenoxy) is 2. The topological polar surface area (TPSA) is 21.7 Å². The molecule has 2 aliphatic rings. The van der Waals surface area contributed by atoms with Gasteiger partial charge in [-0.1, -0.05) is 0 Å². The molecule has 3 heteroatoms. The molecule has 1 aliphatic carbocycles. The van der Waals surface area contributed by atoms with Gasteiger partial charge >= 0.3 is 0 Å². The van der Waals surface area contributed by atoms with Crippen LogP contribution < -0.4 is 0 Å². The van der Waals surface area contributed by atoms with Gasteiger partial charge in [-0.3, -0.25) is 4.90 Å². The van der Waals surface area contributed by atoms with Crippen molar-refractivity contribution in [1.29, 1.82) is 0 Å². The Hall–Kier alpha value is -0.120. The maximum Gasteiger partial charge on any atom is 0.0597 e. The van der Waals surface area contributed by atoms with Crippen LogP contribution in [0.15, 0.2) is 0 Å². The van der Waals surface area contributed by atoms with Gasteiger partial charge in [0.15, 0.2) is 0 Å². The standard InChI is InChI=1S/C9H17NO2/c1-2-9(1)12-8-5-10-3-6-11-7-4-10/h9H,1-8H2. The molecule has 0 bridgehead atoms. The average molecular weight is 171 g/mol. The summed E-state index contributed by atoms with van der Waals surface area (Å²) in [7, 11) is 0. The van der Waals surface area contributed by atoms with Crippen molar-refractivity contribution in [2.45, 2.75) is 18.9 Å². The molecule has 1 aliphatic heterocycles. The van der Waals surface area contributed by atoms with Crippen LogP contribution in [0.5, 0.6) is 0 Å². The fraction of sp³-hybridized carbons (Fsp3) is 1.00. The number of morpholine rings is 1. The van der Waals surface area contributed by atoms with E-state index in [1.165, 1.54) is 12.8 Å². The predicted molar refractivity (Wildman–Crippen MR) is 46.2 cm³/mol. The summed E-state index contributed by atoms with van der Waals surface area (Å²) >= 11 is 0. The van der Waals surface area contributed by atoms with Gasteiger partial charge in [0.1, 0.15) is 0 Å². The fourth-order valence-electron chi connectivity index (χ4n) is 1.41. The zero-order chi connectivity index (χ0) is 8.23. The van der Waals surface area contributed by atoms with Crippen LogP contribution in [-0.2, 0) is 9.47 Å². The second-order valence-corrected chi connectivity index (χ2v) is 3.52. The molecule has 0 amide bonds. The maximum atomic E-state index is 5.57. The van der Waals surface area contributed by atoms with Crippen molar-refractivity contribution in [1.82, 2.24) is 4.90 Å². The average Bonchev–Trinajstić information content (AvgIpc) is 2.90. The Morgan fingerprint density at radius 3 is 2.67 bits per heavy atom. The van der Waals surface area contributed by atoms with Crippen molar-refractivity contribution in [2.75, 3.05) is 39.5 Å². The van der Waals surface area contributed by atoms with Gasteiger partial charge in [-0.25, -0.2) is 0 Å². The first kappa shape index (κ1) is 8.48. The molecule has 0 aromatic heterocycles. The summed E-state index contributed by atoms with van der Waals surface area (Å²) in [5.41, 5.74) is 0. The van der Waals surface area contributed by atoms with E-state index < -0.39 is 0 Å². The minimum Gasteiger partial charge on any atom is -0.379 e. The summed E-state index contributed by atoms with van der Waals surface area (Å²) in [5.74, 6) is 0. The van der Waals surface area contributed by atoms with Crippen LogP contribution in [-0.4, -0.2) is 50.5 Å². The lowest BCUT2D eigenvalue weighted by atomic mass is 10.4. The van der Waals surface area contributed by atoms with Gasteiger partial charge < -0.3 is 9.47 Å². The molecule has 2 fully saturated rings. The van der Waals surface area contributed by atoms with Gasteiger partial charge in [0.25, 0.3) is 0 Å². The van der Waals surface area contributed by atoms with Crippen LogP contribution in [0.25, 0.3) is 0 Å². The lowest BCUT2D eigenvalue weighted by Gasteiger charge is -2.26. The highest BCUT2D eigenvalue weighted by atomic mass is 16.5. The summed E-state index contributed by atoms with van der Waals surface area (Å²) in [6, 6.07) is 0. The third kappa shape index (κ3) is 2.73. The van der Waals surface area contributed by atoms with Gasteiger partial charge in [-0.05, 0) is 12.8 Å². The van der Waals surface area contributed by atoms with Crippen LogP contribution >= 0.6 is 0 Å². The molecule has 1 saturated heterocycles. The molecule has 0 N–H and O–H groups in total. The van der Waals surface area contributed by atoms with Crippen molar-refractivity contribution in [3.8, 4) is 0 Å². The molecular weight excluding hydrogens is 154 g/mol. The van der Waals surface area contributed by atoms with Crippen molar-refractivity contribution in [2.24, 2.45) is 0 Å². The Balaban J connectivity index is 1.52. The SMILES string of the molecule is C1CN(CCOC2CC2)CCO1. The van der Waals surface area contributed by atoms with E-state index >= 15 is 0 Å². The summed E-state index contributed by atoms with van der Waals surface area (Å²) in [6.07, 6.45) is 3.16. The minimum absolute atomic E-state index is 0.603. The van der Waals surface area contributed by atoms with Crippen LogP contribution in [0, 0.1) is 0 Å². The molecule has 0 spiro atoms. The van der Waals surface area contributed by atoms with Crippen LogP contribution in [0.2, 0.25) is 0 Å². The predicted octanol–water partition coefficient (Wildman–Crippen LogP) is 0.498. The van der Waals surface area contributed by atoms with Gasteiger partial charge in [0.2, 0.25) is 0 Å². The highest BCUT2D eigenvalue weighted by molar-refractivity contribution is 4.73. The van der Waals surface area contributed by atoms with Gasteiger partial charge in [0, 0.05) is 19.6 Å². The maximum absolute atomic E-state index is 5.57. The van der Waals surface area contributed by atoms with E-state index in [4.69, 9.17) is 9.47 Å². The lowest BCUT2D eigenvalue weighted by Crippen LogP contribution is -2.38. The molecule has 1 heterocycles. The molecular formula is C9H17NO2. The zero-order valence-corrected chi connectivity index (χ0v) is 7.50. The molecule has 0 aromatic rings. The van der Waals surface area contributed by atoms with Crippen molar-refractivity contribution < 1.29 is 9.47 Å². The van der Waals surface area contributed by atoms with Crippen molar-refractivity contribution >= 4 is 0 Å². The Labute approximate surface area is 73.6 Å². The van der Waals surface area contributed by atoms with Crippen molar-refractivity contribution in [3.63, 3.8) is 0 Å². The molecule has 2 rings (SSSR count). The van der Waals surface area contributed by atoms with Gasteiger partial charge in [0.05, 0.1) is 25.9 Å². The smallest absolute Gasteiger partial charge is 0.0597 e. The largest absolute Gasteiger partial charge is 0.379 e. The number of rotatable bonds is 4. The van der Waals surface area contributed by atoms with Gasteiger partial charge in [-0.15, -0.1) is 0 Å². The van der Waals surface area contributed by atoms with E-state index in [9.17, 15) is 0 Å². The number of hydrogen-bond donors (Lipinski definition) is 0. The summed E-state index contributed by atoms with van der Waals surface area (Å²) in [6.45, 7) is 5.93. The Bertz CT molecular complexity index is 130. The first-order chi connectivity index (χ1) is 5.95. The quantitative estimate of drug-likeness (QED) is 0.614. The second-order valence-electron chi connectivity index (χ2n) is 3.52. The van der Waals surface area contributed by atoms with E-state index in [2.05, 4.69) is 4.90 Å². The van der Waals surface area contributed by atoms with E-state index in [0.29, 0.717) is 6.10 Å². The van der Waals surface area contributed by atoms with Crippen LogP contribution in [0.1, 0.15) is 12.8 Å². The van der Waals surface area contributed by atoms with Gasteiger partial charge in [-0.2, -0.15) is 0 Å². The van der Waals surface area contributed by atoms with E-state index in [1.54, 1.807) is 0 Å². The number of nitrogens with zero attached hydrogens (tertiary/aromatic N) is 1. The first-order valence-corrected chi connectivity index (χ1v) is 4.87. The molecule has 70 valence electrons. The first-order valence-electron chi connectivity index (χ1n) is 4.87. The molecule has 0 radical (unpaired) electrons.